The van der Waals surface area contributed by atoms with Crippen molar-refractivity contribution in [2.45, 2.75) is 0 Å². The molecule has 0 spiro atoms. The first-order valence-corrected chi connectivity index (χ1v) is 8.54. The van der Waals surface area contributed by atoms with Crippen LogP contribution >= 0.6 is 0 Å². The second-order valence-electron chi connectivity index (χ2n) is 5.73. The molecule has 0 bridgehead atoms. The summed E-state index contributed by atoms with van der Waals surface area (Å²) < 4.78 is 15.3. The minimum atomic E-state index is -0.593. The molecule has 2 amide bonds. The molecule has 0 atom stereocenters. The highest BCUT2D eigenvalue weighted by Crippen LogP contribution is 2.27. The van der Waals surface area contributed by atoms with Crippen LogP contribution in [-0.2, 0) is 4.79 Å². The number of rotatable bonds is 9. The predicted molar refractivity (Wildman–Crippen MR) is 107 cm³/mol. The zero-order chi connectivity index (χ0) is 22.1. The Morgan fingerprint density at radius 2 is 1.70 bits per heavy atom. The highest BCUT2D eigenvalue weighted by Gasteiger charge is 2.12. The van der Waals surface area contributed by atoms with Crippen LogP contribution in [0.25, 0.3) is 0 Å². The Bertz CT molecular complexity index is 975. The summed E-state index contributed by atoms with van der Waals surface area (Å²) in [6, 6.07) is 8.56. The third-order valence-electron chi connectivity index (χ3n) is 3.87. The summed E-state index contributed by atoms with van der Waals surface area (Å²) in [6.07, 6.45) is 1.21. The van der Waals surface area contributed by atoms with Gasteiger partial charge < -0.3 is 19.5 Å². The van der Waals surface area contributed by atoms with Crippen molar-refractivity contribution in [3.05, 3.63) is 57.6 Å². The van der Waals surface area contributed by atoms with Gasteiger partial charge in [0, 0.05) is 23.3 Å². The zero-order valence-electron chi connectivity index (χ0n) is 16.5. The van der Waals surface area contributed by atoms with E-state index < -0.39 is 16.7 Å². The van der Waals surface area contributed by atoms with Gasteiger partial charge in [-0.05, 0) is 24.3 Å². The molecular weight excluding hydrogens is 396 g/mol. The second-order valence-corrected chi connectivity index (χ2v) is 5.73. The normalized spacial score (nSPS) is 10.4. The molecule has 0 heterocycles. The van der Waals surface area contributed by atoms with E-state index in [0.29, 0.717) is 22.8 Å². The van der Waals surface area contributed by atoms with Gasteiger partial charge in [-0.25, -0.2) is 5.43 Å². The number of nitro groups is 1. The molecule has 0 fully saturated rings. The molecule has 0 saturated heterocycles. The first-order valence-electron chi connectivity index (χ1n) is 8.54. The quantitative estimate of drug-likeness (QED) is 0.358. The number of benzene rings is 2. The fourth-order valence-corrected chi connectivity index (χ4v) is 2.39. The van der Waals surface area contributed by atoms with E-state index in [9.17, 15) is 19.7 Å². The van der Waals surface area contributed by atoms with Crippen LogP contribution in [0.1, 0.15) is 15.9 Å². The van der Waals surface area contributed by atoms with Crippen LogP contribution in [0.4, 0.5) is 5.69 Å². The van der Waals surface area contributed by atoms with Gasteiger partial charge in [0.15, 0.2) is 11.5 Å². The number of ether oxygens (including phenoxy) is 3. The number of nitrogens with one attached hydrogen (secondary N) is 2. The fraction of sp³-hybridized carbons (Fsp3) is 0.211. The summed E-state index contributed by atoms with van der Waals surface area (Å²) in [5, 5.41) is 17.1. The van der Waals surface area contributed by atoms with Crippen molar-refractivity contribution < 1.29 is 28.7 Å². The van der Waals surface area contributed by atoms with Crippen LogP contribution in [0.15, 0.2) is 41.5 Å². The van der Waals surface area contributed by atoms with Gasteiger partial charge in [0.2, 0.25) is 0 Å². The van der Waals surface area contributed by atoms with Crippen molar-refractivity contribution >= 4 is 23.7 Å². The van der Waals surface area contributed by atoms with Crippen molar-refractivity contribution in [3.8, 4) is 17.2 Å². The molecule has 2 rings (SSSR count). The first-order chi connectivity index (χ1) is 14.4. The Balaban J connectivity index is 1.94. The summed E-state index contributed by atoms with van der Waals surface area (Å²) in [5.41, 5.74) is 2.67. The molecule has 0 radical (unpaired) electrons. The minimum Gasteiger partial charge on any atom is -0.496 e. The lowest BCUT2D eigenvalue weighted by molar-refractivity contribution is -0.384. The van der Waals surface area contributed by atoms with Crippen LogP contribution in [-0.4, -0.2) is 50.8 Å². The summed E-state index contributed by atoms with van der Waals surface area (Å²) in [7, 11) is 4.33. The largest absolute Gasteiger partial charge is 0.496 e. The van der Waals surface area contributed by atoms with Crippen LogP contribution in [0.2, 0.25) is 0 Å². The predicted octanol–water partition coefficient (Wildman–Crippen LogP) is 1.50. The Hall–Kier alpha value is -4.15. The number of nitro benzene ring substituents is 1. The maximum Gasteiger partial charge on any atom is 0.270 e. The van der Waals surface area contributed by atoms with Crippen molar-refractivity contribution in [1.29, 1.82) is 0 Å². The van der Waals surface area contributed by atoms with Crippen LogP contribution in [0, 0.1) is 10.1 Å². The van der Waals surface area contributed by atoms with Crippen molar-refractivity contribution in [1.82, 2.24) is 10.7 Å². The van der Waals surface area contributed by atoms with Gasteiger partial charge in [-0.1, -0.05) is 0 Å². The van der Waals surface area contributed by atoms with E-state index in [1.54, 1.807) is 6.07 Å². The van der Waals surface area contributed by atoms with Crippen LogP contribution in [0.3, 0.4) is 0 Å². The van der Waals surface area contributed by atoms with Crippen molar-refractivity contribution in [2.24, 2.45) is 5.10 Å². The lowest BCUT2D eigenvalue weighted by atomic mass is 10.2. The Morgan fingerprint density at radius 3 is 2.33 bits per heavy atom. The van der Waals surface area contributed by atoms with Gasteiger partial charge in [0.05, 0.1) is 39.0 Å². The number of hydrazone groups is 1. The Morgan fingerprint density at radius 1 is 1.03 bits per heavy atom. The number of hydrogen-bond acceptors (Lipinski definition) is 8. The smallest absolute Gasteiger partial charge is 0.270 e. The molecule has 158 valence electrons. The SMILES string of the molecule is COc1ccc([N+](=O)[O-])cc1/C=N/NC(=O)CNC(=O)c1ccc(OC)c(OC)c1. The number of carbonyl (C=O) groups is 2. The monoisotopic (exact) mass is 416 g/mol. The molecule has 0 aliphatic carbocycles. The molecule has 2 N–H and O–H groups in total. The maximum atomic E-state index is 12.2. The average molecular weight is 416 g/mol. The second kappa shape index (κ2) is 10.4. The topological polar surface area (TPSA) is 141 Å². The maximum absolute atomic E-state index is 12.2. The molecule has 30 heavy (non-hydrogen) atoms. The van der Waals surface area contributed by atoms with Gasteiger partial charge >= 0.3 is 0 Å². The molecule has 0 aromatic heterocycles. The van der Waals surface area contributed by atoms with Crippen LogP contribution in [0.5, 0.6) is 17.2 Å². The van der Waals surface area contributed by atoms with Crippen molar-refractivity contribution in [2.75, 3.05) is 27.9 Å². The van der Waals surface area contributed by atoms with Crippen molar-refractivity contribution in [3.63, 3.8) is 0 Å². The molecule has 0 aliphatic rings. The molecule has 0 saturated carbocycles. The lowest BCUT2D eigenvalue weighted by Crippen LogP contribution is -2.34. The number of carbonyl (C=O) groups excluding carboxylic acids is 2. The lowest BCUT2D eigenvalue weighted by Gasteiger charge is -2.09. The van der Waals surface area contributed by atoms with E-state index in [1.807, 2.05) is 0 Å². The molecule has 0 unspecified atom stereocenters. The third kappa shape index (κ3) is 5.67. The van der Waals surface area contributed by atoms with Gasteiger partial charge in [-0.2, -0.15) is 5.10 Å². The van der Waals surface area contributed by atoms with E-state index in [0.717, 1.165) is 0 Å². The Labute approximate surface area is 171 Å². The minimum absolute atomic E-state index is 0.147. The van der Waals surface area contributed by atoms with E-state index in [-0.39, 0.29) is 17.8 Å². The molecule has 11 heteroatoms. The number of amides is 2. The Kier molecular flexibility index (Phi) is 7.68. The van der Waals surface area contributed by atoms with Crippen LogP contribution < -0.4 is 25.0 Å². The molecular formula is C19H20N4O7. The third-order valence-corrected chi connectivity index (χ3v) is 3.87. The van der Waals surface area contributed by atoms with Gasteiger partial charge in [0.25, 0.3) is 17.5 Å². The molecule has 0 aliphatic heterocycles. The number of hydrogen-bond donors (Lipinski definition) is 2. The molecule has 2 aromatic rings. The number of non-ortho nitro benzene ring substituents is 1. The molecule has 11 nitrogen and oxygen atoms in total. The van der Waals surface area contributed by atoms with Gasteiger partial charge in [-0.3, -0.25) is 19.7 Å². The number of methoxy groups -OCH3 is 3. The zero-order valence-corrected chi connectivity index (χ0v) is 16.5. The summed E-state index contributed by atoms with van der Waals surface area (Å²) >= 11 is 0. The first kappa shape index (κ1) is 22.1. The standard InChI is InChI=1S/C19H20N4O7/c1-28-15-7-5-14(23(26)27)8-13(15)10-21-22-18(24)11-20-19(25)12-4-6-16(29-2)17(9-12)30-3/h4-10H,11H2,1-3H3,(H,20,25)(H,22,24)/b21-10+. The van der Waals surface area contributed by atoms with Gasteiger partial charge in [0.1, 0.15) is 5.75 Å². The van der Waals surface area contributed by atoms with E-state index in [2.05, 4.69) is 15.8 Å². The average Bonchev–Trinajstić information content (AvgIpc) is 2.76. The van der Waals surface area contributed by atoms with E-state index in [1.165, 1.54) is 57.9 Å². The summed E-state index contributed by atoms with van der Waals surface area (Å²) in [6.45, 7) is -0.337. The van der Waals surface area contributed by atoms with Gasteiger partial charge in [-0.15, -0.1) is 0 Å². The number of nitrogens with zero attached hydrogens (tertiary/aromatic N) is 2. The highest BCUT2D eigenvalue weighted by molar-refractivity contribution is 5.97. The highest BCUT2D eigenvalue weighted by atomic mass is 16.6. The fourth-order valence-electron chi connectivity index (χ4n) is 2.39. The summed E-state index contributed by atoms with van der Waals surface area (Å²) in [5.74, 6) is 0.114. The van der Waals surface area contributed by atoms with E-state index in [4.69, 9.17) is 14.2 Å². The summed E-state index contributed by atoms with van der Waals surface area (Å²) in [4.78, 5) is 34.4. The van der Waals surface area contributed by atoms with E-state index >= 15 is 0 Å². The molecule has 2 aromatic carbocycles.